The summed E-state index contributed by atoms with van der Waals surface area (Å²) >= 11 is 7.42. The lowest BCUT2D eigenvalue weighted by atomic mass is 10.1. The van der Waals surface area contributed by atoms with Crippen LogP contribution in [0.15, 0.2) is 70.8 Å². The number of aromatic nitrogens is 1. The van der Waals surface area contributed by atoms with Gasteiger partial charge in [-0.25, -0.2) is 0 Å². The Balaban J connectivity index is 1.59. The zero-order chi connectivity index (χ0) is 22.5. The molecule has 0 saturated carbocycles. The van der Waals surface area contributed by atoms with Crippen molar-refractivity contribution >= 4 is 45.3 Å². The largest absolute Gasteiger partial charge is 0.494 e. The van der Waals surface area contributed by atoms with Crippen LogP contribution >= 0.6 is 23.6 Å². The van der Waals surface area contributed by atoms with E-state index < -0.39 is 0 Å². The van der Waals surface area contributed by atoms with Crippen molar-refractivity contribution in [3.8, 4) is 5.75 Å². The summed E-state index contributed by atoms with van der Waals surface area (Å²) in [6.07, 6.45) is 0. The Bertz CT molecular complexity index is 1260. The number of thiocarbonyl (C=S) groups is 1. The Morgan fingerprint density at radius 2 is 1.94 bits per heavy atom. The average Bonchev–Trinajstić information content (AvgIpc) is 3.29. The third-order valence-corrected chi connectivity index (χ3v) is 6.29. The van der Waals surface area contributed by atoms with Gasteiger partial charge in [0.05, 0.1) is 19.7 Å². The second kappa shape index (κ2) is 9.97. The van der Waals surface area contributed by atoms with Gasteiger partial charge < -0.3 is 19.9 Å². The third-order valence-electron chi connectivity index (χ3n) is 5.07. The van der Waals surface area contributed by atoms with Gasteiger partial charge in [0.25, 0.3) is 5.56 Å². The average molecular weight is 464 g/mol. The van der Waals surface area contributed by atoms with Gasteiger partial charge >= 0.3 is 0 Å². The Morgan fingerprint density at radius 1 is 1.12 bits per heavy atom. The van der Waals surface area contributed by atoms with E-state index in [0.29, 0.717) is 30.4 Å². The first-order valence-electron chi connectivity index (χ1n) is 10.5. The molecule has 4 rings (SSSR count). The summed E-state index contributed by atoms with van der Waals surface area (Å²) in [6.45, 7) is 5.65. The number of nitrogens with one attached hydrogen (secondary N) is 2. The monoisotopic (exact) mass is 463 g/mol. The van der Waals surface area contributed by atoms with Gasteiger partial charge in [-0.2, -0.15) is 0 Å². The molecule has 0 aliphatic carbocycles. The Morgan fingerprint density at radius 3 is 2.66 bits per heavy atom. The number of benzene rings is 2. The van der Waals surface area contributed by atoms with E-state index in [0.717, 1.165) is 27.9 Å². The zero-order valence-electron chi connectivity index (χ0n) is 18.1. The van der Waals surface area contributed by atoms with Gasteiger partial charge in [0.2, 0.25) is 0 Å². The summed E-state index contributed by atoms with van der Waals surface area (Å²) in [7, 11) is 0. The fraction of sp³-hybridized carbons (Fsp3) is 0.200. The van der Waals surface area contributed by atoms with Crippen LogP contribution in [-0.4, -0.2) is 21.6 Å². The molecule has 0 radical (unpaired) electrons. The summed E-state index contributed by atoms with van der Waals surface area (Å²) in [5.74, 6) is 0.817. The maximum Gasteiger partial charge on any atom is 0.253 e. The highest BCUT2D eigenvalue weighted by Crippen LogP contribution is 2.20. The normalized spacial score (nSPS) is 10.8. The molecule has 5 nitrogen and oxygen atoms in total. The number of thiophene rings is 1. The van der Waals surface area contributed by atoms with Crippen molar-refractivity contribution in [1.29, 1.82) is 0 Å². The van der Waals surface area contributed by atoms with Crippen LogP contribution in [0.3, 0.4) is 0 Å². The second-order valence-electron chi connectivity index (χ2n) is 7.54. The summed E-state index contributed by atoms with van der Waals surface area (Å²) in [6, 6.07) is 19.8. The van der Waals surface area contributed by atoms with Crippen molar-refractivity contribution in [2.45, 2.75) is 26.9 Å². The standard InChI is InChI=1S/C25H25N3O2S2/c1-3-30-21-9-7-20(8-10-21)26-25(31)28(16-22-5-4-12-32-22)15-19-14-18-13-17(2)6-11-23(18)27-24(19)29/h4-14H,3,15-16H2,1-2H3,(H,26,31)(H,27,29). The third kappa shape index (κ3) is 5.36. The van der Waals surface area contributed by atoms with Crippen molar-refractivity contribution in [2.75, 3.05) is 11.9 Å². The molecule has 7 heteroatoms. The molecule has 0 spiro atoms. The maximum atomic E-state index is 12.8. The van der Waals surface area contributed by atoms with Crippen LogP contribution in [0.5, 0.6) is 5.75 Å². The molecule has 0 fully saturated rings. The highest BCUT2D eigenvalue weighted by atomic mass is 32.1. The van der Waals surface area contributed by atoms with Crippen LogP contribution in [0.1, 0.15) is 22.9 Å². The molecule has 0 aliphatic heterocycles. The number of nitrogens with zero attached hydrogens (tertiary/aromatic N) is 1. The molecule has 4 aromatic rings. The van der Waals surface area contributed by atoms with Crippen LogP contribution in [0, 0.1) is 6.92 Å². The first kappa shape index (κ1) is 22.0. The van der Waals surface area contributed by atoms with Gasteiger partial charge in [-0.1, -0.05) is 17.7 Å². The van der Waals surface area contributed by atoms with Crippen LogP contribution in [0.4, 0.5) is 5.69 Å². The molecule has 0 unspecified atom stereocenters. The molecule has 0 bridgehead atoms. The first-order chi connectivity index (χ1) is 15.5. The van der Waals surface area contributed by atoms with E-state index in [1.165, 1.54) is 4.88 Å². The number of ether oxygens (including phenoxy) is 1. The van der Waals surface area contributed by atoms with E-state index in [9.17, 15) is 4.79 Å². The molecule has 0 saturated heterocycles. The molecule has 2 aromatic carbocycles. The fourth-order valence-corrected chi connectivity index (χ4v) is 4.45. The highest BCUT2D eigenvalue weighted by molar-refractivity contribution is 7.80. The maximum absolute atomic E-state index is 12.8. The molecule has 0 aliphatic rings. The van der Waals surface area contributed by atoms with Crippen molar-refractivity contribution in [3.05, 3.63) is 92.4 Å². The fourth-order valence-electron chi connectivity index (χ4n) is 3.49. The number of anilines is 1. The van der Waals surface area contributed by atoms with Crippen LogP contribution in [-0.2, 0) is 13.1 Å². The lowest BCUT2D eigenvalue weighted by Gasteiger charge is -2.25. The van der Waals surface area contributed by atoms with Crippen molar-refractivity contribution < 1.29 is 4.74 Å². The van der Waals surface area contributed by atoms with Crippen molar-refractivity contribution in [1.82, 2.24) is 9.88 Å². The minimum Gasteiger partial charge on any atom is -0.494 e. The molecule has 0 atom stereocenters. The van der Waals surface area contributed by atoms with Crippen molar-refractivity contribution in [3.63, 3.8) is 0 Å². The van der Waals surface area contributed by atoms with E-state index >= 15 is 0 Å². The molecule has 2 heterocycles. The lowest BCUT2D eigenvalue weighted by molar-refractivity contribution is 0.340. The minimum atomic E-state index is -0.0959. The zero-order valence-corrected chi connectivity index (χ0v) is 19.7. The van der Waals surface area contributed by atoms with Gasteiger partial charge in [-0.3, -0.25) is 4.79 Å². The van der Waals surface area contributed by atoms with Gasteiger partial charge in [-0.05, 0) is 85.4 Å². The Hall–Kier alpha value is -3.16. The topological polar surface area (TPSA) is 57.4 Å². The highest BCUT2D eigenvalue weighted by Gasteiger charge is 2.15. The quantitative estimate of drug-likeness (QED) is 0.345. The van der Waals surface area contributed by atoms with E-state index in [2.05, 4.69) is 22.4 Å². The molecule has 2 N–H and O–H groups in total. The van der Waals surface area contributed by atoms with Crippen molar-refractivity contribution in [2.24, 2.45) is 0 Å². The van der Waals surface area contributed by atoms with Gasteiger partial charge in [0.15, 0.2) is 5.11 Å². The molecule has 32 heavy (non-hydrogen) atoms. The number of hydrogen-bond acceptors (Lipinski definition) is 4. The molecule has 2 aromatic heterocycles. The van der Waals surface area contributed by atoms with E-state index in [1.807, 2.05) is 72.7 Å². The van der Waals surface area contributed by atoms with Gasteiger partial charge in [0.1, 0.15) is 5.75 Å². The summed E-state index contributed by atoms with van der Waals surface area (Å²) < 4.78 is 5.51. The minimum absolute atomic E-state index is 0.0959. The number of H-pyrrole nitrogens is 1. The second-order valence-corrected chi connectivity index (χ2v) is 8.96. The summed E-state index contributed by atoms with van der Waals surface area (Å²) in [5.41, 5.74) is 3.44. The smallest absolute Gasteiger partial charge is 0.253 e. The lowest BCUT2D eigenvalue weighted by Crippen LogP contribution is -2.35. The number of aromatic amines is 1. The SMILES string of the molecule is CCOc1ccc(NC(=S)N(Cc2cccs2)Cc2cc3cc(C)ccc3[nH]c2=O)cc1. The number of fused-ring (bicyclic) bond motifs is 1. The predicted molar refractivity (Wildman–Crippen MR) is 137 cm³/mol. The number of pyridine rings is 1. The van der Waals surface area contributed by atoms with Crippen LogP contribution < -0.4 is 15.6 Å². The number of aryl methyl sites for hydroxylation is 1. The van der Waals surface area contributed by atoms with Crippen LogP contribution in [0.25, 0.3) is 10.9 Å². The molecular formula is C25H25N3O2S2. The van der Waals surface area contributed by atoms with E-state index in [1.54, 1.807) is 11.3 Å². The Labute approximate surface area is 196 Å². The molecular weight excluding hydrogens is 438 g/mol. The number of hydrogen-bond donors (Lipinski definition) is 2. The summed E-state index contributed by atoms with van der Waals surface area (Å²) in [5, 5.41) is 6.92. The van der Waals surface area contributed by atoms with E-state index in [-0.39, 0.29) is 5.56 Å². The van der Waals surface area contributed by atoms with Gasteiger partial charge in [0, 0.05) is 21.6 Å². The summed E-state index contributed by atoms with van der Waals surface area (Å²) in [4.78, 5) is 19.0. The number of rotatable bonds is 7. The Kier molecular flexibility index (Phi) is 6.87. The molecule has 164 valence electrons. The first-order valence-corrected chi connectivity index (χ1v) is 11.7. The predicted octanol–water partition coefficient (Wildman–Crippen LogP) is 5.70. The van der Waals surface area contributed by atoms with Crippen LogP contribution in [0.2, 0.25) is 0 Å². The van der Waals surface area contributed by atoms with E-state index in [4.69, 9.17) is 17.0 Å². The van der Waals surface area contributed by atoms with Gasteiger partial charge in [-0.15, -0.1) is 11.3 Å². The molecule has 0 amide bonds.